The fourth-order valence-electron chi connectivity index (χ4n) is 4.11. The number of rotatable bonds is 12. The number of aliphatic hydroxyl groups excluding tert-OH is 1. The van der Waals surface area contributed by atoms with E-state index in [0.29, 0.717) is 42.3 Å². The summed E-state index contributed by atoms with van der Waals surface area (Å²) in [5.41, 5.74) is 7.03. The molecule has 1 saturated heterocycles. The van der Waals surface area contributed by atoms with Crippen LogP contribution >= 0.6 is 0 Å². The number of aryl methyl sites for hydroxylation is 1. The maximum absolute atomic E-state index is 13.2. The highest BCUT2D eigenvalue weighted by atomic mass is 16.5. The molecule has 37 heavy (non-hydrogen) atoms. The first-order valence-electron chi connectivity index (χ1n) is 12.3. The average molecular weight is 510 g/mol. The van der Waals surface area contributed by atoms with Gasteiger partial charge in [0.25, 0.3) is 17.6 Å². The van der Waals surface area contributed by atoms with Crippen LogP contribution in [0.25, 0.3) is 5.76 Å². The molecule has 9 heteroatoms. The van der Waals surface area contributed by atoms with E-state index in [2.05, 4.69) is 6.92 Å². The first-order valence-corrected chi connectivity index (χ1v) is 12.3. The number of nitrogens with two attached hydrogens (primary N) is 1. The molecule has 0 spiro atoms. The molecule has 3 N–H and O–H groups in total. The van der Waals surface area contributed by atoms with Crippen molar-refractivity contribution >= 4 is 23.4 Å². The molecule has 9 nitrogen and oxygen atoms in total. The number of unbranched alkanes of at least 4 members (excludes halogenated alkanes) is 1. The summed E-state index contributed by atoms with van der Waals surface area (Å²) >= 11 is 0. The highest BCUT2D eigenvalue weighted by molar-refractivity contribution is 6.46. The van der Waals surface area contributed by atoms with Crippen LogP contribution in [0, 0.1) is 6.92 Å². The van der Waals surface area contributed by atoms with Crippen molar-refractivity contribution in [1.29, 1.82) is 0 Å². The Hall–Kier alpha value is -3.85. The van der Waals surface area contributed by atoms with E-state index in [-0.39, 0.29) is 17.9 Å². The number of amides is 2. The van der Waals surface area contributed by atoms with Crippen molar-refractivity contribution in [2.75, 3.05) is 40.4 Å². The number of hydrogen-bond acceptors (Lipinski definition) is 7. The number of nitrogens with zero attached hydrogens (tertiary/aromatic N) is 2. The van der Waals surface area contributed by atoms with E-state index in [9.17, 15) is 19.5 Å². The van der Waals surface area contributed by atoms with Crippen LogP contribution in [0.3, 0.4) is 0 Å². The number of benzene rings is 2. The molecule has 1 unspecified atom stereocenters. The van der Waals surface area contributed by atoms with Crippen LogP contribution in [-0.4, -0.2) is 72.9 Å². The van der Waals surface area contributed by atoms with Gasteiger partial charge in [-0.2, -0.15) is 0 Å². The summed E-state index contributed by atoms with van der Waals surface area (Å²) in [6.07, 6.45) is 1.95. The largest absolute Gasteiger partial charge is 0.507 e. The molecule has 0 radical (unpaired) electrons. The SMILES string of the molecule is CCCCOc1ccc(/C(O)=C2\C(=O)C(=O)N(CCN(C)C)C2c2ccc(OCC(N)=O)cc2)cc1C. The molecule has 0 saturated carbocycles. The van der Waals surface area contributed by atoms with Gasteiger partial charge in [-0.1, -0.05) is 25.5 Å². The molecule has 3 rings (SSSR count). The van der Waals surface area contributed by atoms with Crippen molar-refractivity contribution in [1.82, 2.24) is 9.80 Å². The summed E-state index contributed by atoms with van der Waals surface area (Å²) in [5.74, 6) is -1.12. The van der Waals surface area contributed by atoms with Crippen LogP contribution in [0.5, 0.6) is 11.5 Å². The molecule has 2 amide bonds. The zero-order valence-electron chi connectivity index (χ0n) is 21.8. The van der Waals surface area contributed by atoms with Gasteiger partial charge in [0.1, 0.15) is 17.3 Å². The lowest BCUT2D eigenvalue weighted by Gasteiger charge is -2.26. The van der Waals surface area contributed by atoms with E-state index >= 15 is 0 Å². The Bertz CT molecular complexity index is 1170. The molecule has 1 atom stereocenters. The minimum absolute atomic E-state index is 0.0219. The second kappa shape index (κ2) is 12.4. The number of likely N-dealkylation sites (N-methyl/N-ethyl adjacent to an activating group) is 1. The highest BCUT2D eigenvalue weighted by Crippen LogP contribution is 2.40. The van der Waals surface area contributed by atoms with Gasteiger partial charge in [0, 0.05) is 18.7 Å². The topological polar surface area (TPSA) is 122 Å². The van der Waals surface area contributed by atoms with Gasteiger partial charge >= 0.3 is 0 Å². The summed E-state index contributed by atoms with van der Waals surface area (Å²) in [5, 5.41) is 11.3. The molecule has 1 aliphatic heterocycles. The molecule has 0 aliphatic carbocycles. The number of aliphatic hydroxyl groups is 1. The lowest BCUT2D eigenvalue weighted by Crippen LogP contribution is -2.35. The molecule has 198 valence electrons. The van der Waals surface area contributed by atoms with E-state index < -0.39 is 23.6 Å². The van der Waals surface area contributed by atoms with Gasteiger partial charge in [0.15, 0.2) is 6.61 Å². The second-order valence-corrected chi connectivity index (χ2v) is 9.30. The van der Waals surface area contributed by atoms with Gasteiger partial charge in [0.2, 0.25) is 0 Å². The third-order valence-corrected chi connectivity index (χ3v) is 6.11. The van der Waals surface area contributed by atoms with Crippen molar-refractivity contribution in [3.8, 4) is 11.5 Å². The van der Waals surface area contributed by atoms with E-state index in [1.807, 2.05) is 25.9 Å². The Kier molecular flexibility index (Phi) is 9.30. The standard InChI is InChI=1S/C28H35N3O6/c1-5-6-15-36-22-12-9-20(16-18(22)2)26(33)24-25(31(14-13-30(3)4)28(35)27(24)34)19-7-10-21(11-8-19)37-17-23(29)32/h7-12,16,25,33H,5-6,13-15,17H2,1-4H3,(H2,29,32)/b26-24+. The number of hydrogen-bond donors (Lipinski definition) is 2. The molecular formula is C28H35N3O6. The summed E-state index contributed by atoms with van der Waals surface area (Å²) in [4.78, 5) is 40.7. The van der Waals surface area contributed by atoms with E-state index in [0.717, 1.165) is 18.4 Å². The molecule has 0 aromatic heterocycles. The number of carbonyl (C=O) groups is 3. The number of ketones is 1. The quantitative estimate of drug-likeness (QED) is 0.195. The minimum atomic E-state index is -0.786. The number of carbonyl (C=O) groups excluding carboxylic acids is 3. The van der Waals surface area contributed by atoms with Crippen LogP contribution in [-0.2, 0) is 14.4 Å². The van der Waals surface area contributed by atoms with Gasteiger partial charge in [-0.15, -0.1) is 0 Å². The van der Waals surface area contributed by atoms with E-state index in [1.165, 1.54) is 4.90 Å². The molecular weight excluding hydrogens is 474 g/mol. The number of primary amides is 1. The Morgan fingerprint density at radius 2 is 1.81 bits per heavy atom. The Morgan fingerprint density at radius 1 is 1.11 bits per heavy atom. The molecule has 2 aromatic rings. The first kappa shape index (κ1) is 27.7. The second-order valence-electron chi connectivity index (χ2n) is 9.30. The van der Waals surface area contributed by atoms with Crippen molar-refractivity contribution in [2.24, 2.45) is 5.73 Å². The summed E-state index contributed by atoms with van der Waals surface area (Å²) < 4.78 is 11.1. The van der Waals surface area contributed by atoms with E-state index in [1.54, 1.807) is 42.5 Å². The number of ether oxygens (including phenoxy) is 2. The first-order chi connectivity index (χ1) is 17.6. The zero-order chi connectivity index (χ0) is 27.1. The van der Waals surface area contributed by atoms with Crippen LogP contribution in [0.2, 0.25) is 0 Å². The van der Waals surface area contributed by atoms with Crippen molar-refractivity contribution < 1.29 is 29.0 Å². The molecule has 0 bridgehead atoms. The molecule has 1 aliphatic rings. The van der Waals surface area contributed by atoms with Crippen molar-refractivity contribution in [3.05, 3.63) is 64.7 Å². The smallest absolute Gasteiger partial charge is 0.295 e. The average Bonchev–Trinajstić information content (AvgIpc) is 3.12. The third kappa shape index (κ3) is 6.68. The number of Topliss-reactive ketones (excluding diaryl/α,β-unsaturated/α-hetero) is 1. The van der Waals surface area contributed by atoms with Crippen molar-refractivity contribution in [2.45, 2.75) is 32.7 Å². The monoisotopic (exact) mass is 509 g/mol. The Balaban J connectivity index is 2.02. The summed E-state index contributed by atoms with van der Waals surface area (Å²) in [6, 6.07) is 11.1. The fraction of sp³-hybridized carbons (Fsp3) is 0.393. The maximum atomic E-state index is 13.2. The van der Waals surface area contributed by atoms with Crippen LogP contribution in [0.15, 0.2) is 48.0 Å². The fourth-order valence-corrected chi connectivity index (χ4v) is 4.11. The highest BCUT2D eigenvalue weighted by Gasteiger charge is 2.45. The molecule has 2 aromatic carbocycles. The van der Waals surface area contributed by atoms with Crippen LogP contribution in [0.4, 0.5) is 0 Å². The van der Waals surface area contributed by atoms with Gasteiger partial charge in [0.05, 0.1) is 18.2 Å². The lowest BCUT2D eigenvalue weighted by atomic mass is 9.94. The Morgan fingerprint density at radius 3 is 2.41 bits per heavy atom. The van der Waals surface area contributed by atoms with Crippen LogP contribution < -0.4 is 15.2 Å². The third-order valence-electron chi connectivity index (χ3n) is 6.11. The lowest BCUT2D eigenvalue weighted by molar-refractivity contribution is -0.140. The maximum Gasteiger partial charge on any atom is 0.295 e. The van der Waals surface area contributed by atoms with Crippen molar-refractivity contribution in [3.63, 3.8) is 0 Å². The predicted molar refractivity (Wildman–Crippen MR) is 140 cm³/mol. The van der Waals surface area contributed by atoms with Gasteiger partial charge < -0.3 is 30.1 Å². The normalized spacial score (nSPS) is 16.9. The van der Waals surface area contributed by atoms with Gasteiger partial charge in [-0.05, 0) is 68.9 Å². The Labute approximate surface area is 217 Å². The predicted octanol–water partition coefficient (Wildman–Crippen LogP) is 3.02. The zero-order valence-corrected chi connectivity index (χ0v) is 21.8. The summed E-state index contributed by atoms with van der Waals surface area (Å²) in [6.45, 7) is 5.12. The minimum Gasteiger partial charge on any atom is -0.507 e. The summed E-state index contributed by atoms with van der Waals surface area (Å²) in [7, 11) is 3.76. The number of likely N-dealkylation sites (tertiary alicyclic amines) is 1. The van der Waals surface area contributed by atoms with E-state index in [4.69, 9.17) is 15.2 Å². The van der Waals surface area contributed by atoms with Gasteiger partial charge in [-0.3, -0.25) is 14.4 Å². The van der Waals surface area contributed by atoms with Crippen LogP contribution in [0.1, 0.15) is 42.5 Å². The molecule has 1 heterocycles. The van der Waals surface area contributed by atoms with Gasteiger partial charge in [-0.25, -0.2) is 0 Å². The molecule has 1 fully saturated rings.